The molecular formula is C11H14N2OS. The Balaban J connectivity index is 2.01. The molecule has 0 aromatic carbocycles. The lowest BCUT2D eigenvalue weighted by Gasteiger charge is -1.99. The second kappa shape index (κ2) is 4.59. The minimum Gasteiger partial charge on any atom is -0.469 e. The number of rotatable bonds is 4. The fourth-order valence-corrected chi connectivity index (χ4v) is 2.23. The van der Waals surface area contributed by atoms with Gasteiger partial charge in [0, 0.05) is 17.8 Å². The van der Waals surface area contributed by atoms with Gasteiger partial charge in [-0.25, -0.2) is 4.98 Å². The van der Waals surface area contributed by atoms with Crippen molar-refractivity contribution in [3.63, 3.8) is 0 Å². The average Bonchev–Trinajstić information content (AvgIpc) is 2.77. The van der Waals surface area contributed by atoms with Crippen molar-refractivity contribution >= 4 is 11.3 Å². The van der Waals surface area contributed by atoms with E-state index in [-0.39, 0.29) is 6.04 Å². The zero-order valence-electron chi connectivity index (χ0n) is 8.64. The maximum absolute atomic E-state index is 5.72. The van der Waals surface area contributed by atoms with Gasteiger partial charge in [-0.1, -0.05) is 0 Å². The fraction of sp³-hybridized carbons (Fsp3) is 0.364. The summed E-state index contributed by atoms with van der Waals surface area (Å²) in [6, 6.07) is 4.03. The zero-order valence-corrected chi connectivity index (χ0v) is 9.46. The monoisotopic (exact) mass is 222 g/mol. The van der Waals surface area contributed by atoms with Crippen molar-refractivity contribution in [2.45, 2.75) is 25.8 Å². The van der Waals surface area contributed by atoms with E-state index in [0.29, 0.717) is 0 Å². The minimum atomic E-state index is 0.170. The molecule has 15 heavy (non-hydrogen) atoms. The Morgan fingerprint density at radius 1 is 1.60 bits per heavy atom. The van der Waals surface area contributed by atoms with Crippen LogP contribution in [0.4, 0.5) is 0 Å². The predicted molar refractivity (Wildman–Crippen MR) is 61.0 cm³/mol. The van der Waals surface area contributed by atoms with E-state index in [4.69, 9.17) is 10.2 Å². The molecule has 0 aliphatic rings. The summed E-state index contributed by atoms with van der Waals surface area (Å²) in [4.78, 5) is 4.50. The molecule has 4 heteroatoms. The molecule has 2 rings (SSSR count). The summed E-state index contributed by atoms with van der Waals surface area (Å²) < 4.78 is 5.27. The maximum Gasteiger partial charge on any atom is 0.110 e. The normalized spacial score (nSPS) is 12.9. The van der Waals surface area contributed by atoms with E-state index in [9.17, 15) is 0 Å². The molecule has 1 unspecified atom stereocenters. The third-order valence-electron chi connectivity index (χ3n) is 2.04. The Bertz CT molecular complexity index is 406. The summed E-state index contributed by atoms with van der Waals surface area (Å²) in [7, 11) is 0. The van der Waals surface area contributed by atoms with Crippen LogP contribution in [-0.4, -0.2) is 11.0 Å². The highest BCUT2D eigenvalue weighted by atomic mass is 32.1. The standard InChI is InChI=1S/C11H14N2OS/c1-8(12)5-9-7-15-11(13-9)6-10-3-2-4-14-10/h2-4,7-8H,5-6,12H2,1H3. The van der Waals surface area contributed by atoms with Crippen LogP contribution in [-0.2, 0) is 12.8 Å². The Hall–Kier alpha value is -1.13. The number of nitrogens with zero attached hydrogens (tertiary/aromatic N) is 1. The summed E-state index contributed by atoms with van der Waals surface area (Å²) in [5.74, 6) is 0.955. The molecule has 0 aliphatic heterocycles. The highest BCUT2D eigenvalue weighted by Gasteiger charge is 2.06. The molecule has 0 saturated heterocycles. The molecule has 0 radical (unpaired) electrons. The fourth-order valence-electron chi connectivity index (χ4n) is 1.42. The zero-order chi connectivity index (χ0) is 10.7. The van der Waals surface area contributed by atoms with Gasteiger partial charge in [-0.3, -0.25) is 0 Å². The first-order valence-electron chi connectivity index (χ1n) is 4.95. The highest BCUT2D eigenvalue weighted by Crippen LogP contribution is 2.15. The molecular weight excluding hydrogens is 208 g/mol. The lowest BCUT2D eigenvalue weighted by Crippen LogP contribution is -2.17. The lowest BCUT2D eigenvalue weighted by molar-refractivity contribution is 0.520. The van der Waals surface area contributed by atoms with Crippen molar-refractivity contribution in [2.24, 2.45) is 5.73 Å². The van der Waals surface area contributed by atoms with Gasteiger partial charge in [0.25, 0.3) is 0 Å². The van der Waals surface area contributed by atoms with Crippen molar-refractivity contribution in [1.29, 1.82) is 0 Å². The molecule has 3 nitrogen and oxygen atoms in total. The molecule has 2 aromatic heterocycles. The van der Waals surface area contributed by atoms with Crippen molar-refractivity contribution in [3.05, 3.63) is 40.2 Å². The number of aromatic nitrogens is 1. The Morgan fingerprint density at radius 3 is 3.13 bits per heavy atom. The first kappa shape index (κ1) is 10.4. The van der Waals surface area contributed by atoms with Gasteiger partial charge in [0.2, 0.25) is 0 Å². The number of furan rings is 1. The van der Waals surface area contributed by atoms with E-state index >= 15 is 0 Å². The van der Waals surface area contributed by atoms with Crippen LogP contribution in [0.3, 0.4) is 0 Å². The quantitative estimate of drug-likeness (QED) is 0.863. The van der Waals surface area contributed by atoms with Gasteiger partial charge in [-0.15, -0.1) is 11.3 Å². The van der Waals surface area contributed by atoms with Gasteiger partial charge in [-0.2, -0.15) is 0 Å². The largest absolute Gasteiger partial charge is 0.469 e. The second-order valence-electron chi connectivity index (χ2n) is 3.67. The topological polar surface area (TPSA) is 52.0 Å². The van der Waals surface area contributed by atoms with E-state index in [2.05, 4.69) is 10.4 Å². The first-order valence-corrected chi connectivity index (χ1v) is 5.83. The van der Waals surface area contributed by atoms with Crippen molar-refractivity contribution in [3.8, 4) is 0 Å². The molecule has 80 valence electrons. The molecule has 0 aliphatic carbocycles. The van der Waals surface area contributed by atoms with E-state index in [1.807, 2.05) is 19.1 Å². The summed E-state index contributed by atoms with van der Waals surface area (Å²) >= 11 is 1.66. The maximum atomic E-state index is 5.72. The summed E-state index contributed by atoms with van der Waals surface area (Å²) in [5.41, 5.74) is 6.80. The number of hydrogen-bond acceptors (Lipinski definition) is 4. The number of hydrogen-bond donors (Lipinski definition) is 1. The molecule has 1 atom stereocenters. The van der Waals surface area contributed by atoms with Crippen LogP contribution in [0.25, 0.3) is 0 Å². The first-order chi connectivity index (χ1) is 7.24. The van der Waals surface area contributed by atoms with Crippen LogP contribution in [0, 0.1) is 0 Å². The summed E-state index contributed by atoms with van der Waals surface area (Å²) in [6.07, 6.45) is 3.30. The van der Waals surface area contributed by atoms with Crippen molar-refractivity contribution < 1.29 is 4.42 Å². The van der Waals surface area contributed by atoms with Crippen molar-refractivity contribution in [1.82, 2.24) is 4.98 Å². The number of nitrogens with two attached hydrogens (primary N) is 1. The number of thiazole rings is 1. The van der Waals surface area contributed by atoms with Crippen molar-refractivity contribution in [2.75, 3.05) is 0 Å². The molecule has 2 heterocycles. The molecule has 2 N–H and O–H groups in total. The third kappa shape index (κ3) is 2.91. The Kier molecular flexibility index (Phi) is 3.18. The van der Waals surface area contributed by atoms with Gasteiger partial charge < -0.3 is 10.2 Å². The van der Waals surface area contributed by atoms with Crippen LogP contribution in [0.15, 0.2) is 28.2 Å². The Labute approximate surface area is 92.9 Å². The van der Waals surface area contributed by atoms with Crippen LogP contribution >= 0.6 is 11.3 Å². The van der Waals surface area contributed by atoms with Gasteiger partial charge in [0.1, 0.15) is 10.8 Å². The van der Waals surface area contributed by atoms with Crippen LogP contribution < -0.4 is 5.73 Å². The smallest absolute Gasteiger partial charge is 0.110 e. The van der Waals surface area contributed by atoms with Gasteiger partial charge >= 0.3 is 0 Å². The van der Waals surface area contributed by atoms with E-state index in [1.165, 1.54) is 0 Å². The molecule has 0 fully saturated rings. The molecule has 0 spiro atoms. The van der Waals surface area contributed by atoms with E-state index in [1.54, 1.807) is 17.6 Å². The minimum absolute atomic E-state index is 0.170. The third-order valence-corrected chi connectivity index (χ3v) is 2.93. The molecule has 2 aromatic rings. The van der Waals surface area contributed by atoms with Gasteiger partial charge in [-0.05, 0) is 19.1 Å². The van der Waals surface area contributed by atoms with Crippen LogP contribution in [0.2, 0.25) is 0 Å². The summed E-state index contributed by atoms with van der Waals surface area (Å²) in [6.45, 7) is 1.99. The molecule has 0 amide bonds. The lowest BCUT2D eigenvalue weighted by atomic mass is 10.2. The Morgan fingerprint density at radius 2 is 2.47 bits per heavy atom. The van der Waals surface area contributed by atoms with E-state index in [0.717, 1.165) is 29.3 Å². The average molecular weight is 222 g/mol. The summed E-state index contributed by atoms with van der Waals surface area (Å²) in [5, 5.41) is 3.15. The molecule has 0 bridgehead atoms. The van der Waals surface area contributed by atoms with Gasteiger partial charge in [0.15, 0.2) is 0 Å². The highest BCUT2D eigenvalue weighted by molar-refractivity contribution is 7.09. The SMILES string of the molecule is CC(N)Cc1csc(Cc2ccco2)n1. The van der Waals surface area contributed by atoms with Crippen LogP contribution in [0.1, 0.15) is 23.4 Å². The van der Waals surface area contributed by atoms with Crippen LogP contribution in [0.5, 0.6) is 0 Å². The van der Waals surface area contributed by atoms with Gasteiger partial charge in [0.05, 0.1) is 18.4 Å². The van der Waals surface area contributed by atoms with E-state index < -0.39 is 0 Å². The molecule has 0 saturated carbocycles. The predicted octanol–water partition coefficient (Wildman–Crippen LogP) is 2.22. The second-order valence-corrected chi connectivity index (χ2v) is 4.61.